The normalized spacial score (nSPS) is 10.9. The Balaban J connectivity index is 4.17. The fourth-order valence-corrected chi connectivity index (χ4v) is 0.849. The van der Waals surface area contributed by atoms with Crippen molar-refractivity contribution in [3.05, 3.63) is 37.0 Å². The van der Waals surface area contributed by atoms with E-state index in [0.29, 0.717) is 13.1 Å². The van der Waals surface area contributed by atoms with Crippen LogP contribution in [-0.2, 0) is 4.79 Å². The van der Waals surface area contributed by atoms with Gasteiger partial charge in [-0.25, -0.2) is 0 Å². The molecular weight excluding hydrogens is 162 g/mol. The number of hydrogen-bond donors (Lipinski definition) is 0. The summed E-state index contributed by atoms with van der Waals surface area (Å²) in [4.78, 5) is 13.0. The Morgan fingerprint density at radius 1 is 1.23 bits per heavy atom. The molecule has 0 aliphatic carbocycles. The van der Waals surface area contributed by atoms with Crippen molar-refractivity contribution in [3.63, 3.8) is 0 Å². The molecule has 0 N–H and O–H groups in total. The molecule has 0 fully saturated rings. The number of hydrogen-bond acceptors (Lipinski definition) is 1. The van der Waals surface area contributed by atoms with E-state index < -0.39 is 0 Å². The van der Waals surface area contributed by atoms with E-state index >= 15 is 0 Å². The smallest absolute Gasteiger partial charge is 0.246 e. The van der Waals surface area contributed by atoms with Gasteiger partial charge in [-0.05, 0) is 19.9 Å². The van der Waals surface area contributed by atoms with Crippen molar-refractivity contribution < 1.29 is 4.79 Å². The minimum Gasteiger partial charge on any atom is -0.332 e. The summed E-state index contributed by atoms with van der Waals surface area (Å²) < 4.78 is 0. The molecule has 0 aromatic heterocycles. The van der Waals surface area contributed by atoms with Gasteiger partial charge in [0.1, 0.15) is 0 Å². The van der Waals surface area contributed by atoms with Crippen LogP contribution in [0.4, 0.5) is 0 Å². The Labute approximate surface area is 80.2 Å². The van der Waals surface area contributed by atoms with Crippen molar-refractivity contribution in [2.45, 2.75) is 13.8 Å². The predicted octanol–water partition coefficient (Wildman–Crippen LogP) is 2.15. The van der Waals surface area contributed by atoms with Crippen LogP contribution in [0.2, 0.25) is 0 Å². The molecular formula is C11H17NO. The molecule has 13 heavy (non-hydrogen) atoms. The van der Waals surface area contributed by atoms with Gasteiger partial charge in [-0.1, -0.05) is 30.9 Å². The van der Waals surface area contributed by atoms with Crippen molar-refractivity contribution in [3.8, 4) is 0 Å². The first-order valence-corrected chi connectivity index (χ1v) is 4.39. The molecule has 0 aliphatic rings. The van der Waals surface area contributed by atoms with Gasteiger partial charge < -0.3 is 4.90 Å². The summed E-state index contributed by atoms with van der Waals surface area (Å²) in [6.45, 7) is 8.62. The Kier molecular flexibility index (Phi) is 6.60. The predicted molar refractivity (Wildman–Crippen MR) is 56.4 cm³/mol. The van der Waals surface area contributed by atoms with Gasteiger partial charge in [0, 0.05) is 13.1 Å². The van der Waals surface area contributed by atoms with Crippen molar-refractivity contribution >= 4 is 5.91 Å². The van der Waals surface area contributed by atoms with E-state index in [1.807, 2.05) is 38.2 Å². The van der Waals surface area contributed by atoms with Crippen LogP contribution in [0.5, 0.6) is 0 Å². The highest BCUT2D eigenvalue weighted by atomic mass is 16.2. The highest BCUT2D eigenvalue weighted by molar-refractivity contribution is 5.87. The lowest BCUT2D eigenvalue weighted by molar-refractivity contribution is -0.125. The van der Waals surface area contributed by atoms with Crippen LogP contribution in [0.15, 0.2) is 37.0 Å². The van der Waals surface area contributed by atoms with Crippen LogP contribution >= 0.6 is 0 Å². The van der Waals surface area contributed by atoms with E-state index in [0.717, 1.165) is 0 Å². The van der Waals surface area contributed by atoms with Crippen LogP contribution < -0.4 is 0 Å². The highest BCUT2D eigenvalue weighted by Gasteiger charge is 2.04. The summed E-state index contributed by atoms with van der Waals surface area (Å²) in [6.07, 6.45) is 9.10. The lowest BCUT2D eigenvalue weighted by Crippen LogP contribution is -2.29. The summed E-state index contributed by atoms with van der Waals surface area (Å²) in [5.74, 6) is -0.0313. The van der Waals surface area contributed by atoms with E-state index in [4.69, 9.17) is 0 Å². The average molecular weight is 179 g/mol. The molecule has 0 unspecified atom stereocenters. The van der Waals surface area contributed by atoms with Gasteiger partial charge in [0.15, 0.2) is 0 Å². The van der Waals surface area contributed by atoms with Gasteiger partial charge in [0.2, 0.25) is 5.91 Å². The quantitative estimate of drug-likeness (QED) is 0.468. The van der Waals surface area contributed by atoms with Crippen molar-refractivity contribution in [1.82, 2.24) is 4.90 Å². The number of carbonyl (C=O) groups excluding carboxylic acids is 1. The lowest BCUT2D eigenvalue weighted by atomic mass is 10.4. The van der Waals surface area contributed by atoms with E-state index in [2.05, 4.69) is 6.58 Å². The van der Waals surface area contributed by atoms with Crippen LogP contribution in [0.25, 0.3) is 0 Å². The van der Waals surface area contributed by atoms with Gasteiger partial charge in [-0.3, -0.25) is 4.79 Å². The Morgan fingerprint density at radius 2 is 1.69 bits per heavy atom. The van der Waals surface area contributed by atoms with Crippen molar-refractivity contribution in [2.75, 3.05) is 13.1 Å². The standard InChI is InChI=1S/C11H17NO/c1-4-7-9-12(10-8-5-2)11(13)6-3/h4-8H,3,9-10H2,1-2H3. The van der Waals surface area contributed by atoms with Crippen LogP contribution in [-0.4, -0.2) is 23.9 Å². The van der Waals surface area contributed by atoms with Crippen molar-refractivity contribution in [2.24, 2.45) is 0 Å². The van der Waals surface area contributed by atoms with Crippen molar-refractivity contribution in [1.29, 1.82) is 0 Å². The zero-order valence-electron chi connectivity index (χ0n) is 8.36. The van der Waals surface area contributed by atoms with E-state index in [9.17, 15) is 4.79 Å². The van der Waals surface area contributed by atoms with E-state index in [-0.39, 0.29) is 5.91 Å². The second kappa shape index (κ2) is 7.35. The zero-order chi connectivity index (χ0) is 10.1. The summed E-state index contributed by atoms with van der Waals surface area (Å²) in [5.41, 5.74) is 0. The molecule has 0 aromatic carbocycles. The van der Waals surface area contributed by atoms with E-state index in [1.165, 1.54) is 6.08 Å². The Bertz CT molecular complexity index is 202. The first-order valence-electron chi connectivity index (χ1n) is 4.39. The largest absolute Gasteiger partial charge is 0.332 e. The third kappa shape index (κ3) is 5.01. The maximum absolute atomic E-state index is 11.3. The number of carbonyl (C=O) groups is 1. The maximum Gasteiger partial charge on any atom is 0.246 e. The molecule has 0 bridgehead atoms. The van der Waals surface area contributed by atoms with Crippen LogP contribution in [0, 0.1) is 0 Å². The summed E-state index contributed by atoms with van der Waals surface area (Å²) in [7, 11) is 0. The summed E-state index contributed by atoms with van der Waals surface area (Å²) in [6, 6.07) is 0. The fourth-order valence-electron chi connectivity index (χ4n) is 0.849. The SMILES string of the molecule is C=CC(=O)N(CC=CC)CC=CC. The fraction of sp³-hybridized carbons (Fsp3) is 0.364. The zero-order valence-corrected chi connectivity index (χ0v) is 8.36. The van der Waals surface area contributed by atoms with Crippen LogP contribution in [0.3, 0.4) is 0 Å². The average Bonchev–Trinajstić information content (AvgIpc) is 2.17. The van der Waals surface area contributed by atoms with E-state index in [1.54, 1.807) is 4.90 Å². The molecule has 0 aliphatic heterocycles. The molecule has 2 heteroatoms. The highest BCUT2D eigenvalue weighted by Crippen LogP contribution is 1.92. The molecule has 0 rings (SSSR count). The second-order valence-electron chi connectivity index (χ2n) is 2.59. The van der Waals surface area contributed by atoms with Crippen LogP contribution in [0.1, 0.15) is 13.8 Å². The molecule has 2 nitrogen and oxygen atoms in total. The molecule has 0 radical (unpaired) electrons. The first kappa shape index (κ1) is 11.7. The third-order valence-corrected chi connectivity index (χ3v) is 1.61. The molecule has 0 saturated carbocycles. The molecule has 72 valence electrons. The summed E-state index contributed by atoms with van der Waals surface area (Å²) >= 11 is 0. The monoisotopic (exact) mass is 179 g/mol. The number of amides is 1. The number of rotatable bonds is 5. The topological polar surface area (TPSA) is 20.3 Å². The third-order valence-electron chi connectivity index (χ3n) is 1.61. The summed E-state index contributed by atoms with van der Waals surface area (Å²) in [5, 5.41) is 0. The van der Waals surface area contributed by atoms with Gasteiger partial charge >= 0.3 is 0 Å². The Hall–Kier alpha value is -1.31. The second-order valence-corrected chi connectivity index (χ2v) is 2.59. The minimum atomic E-state index is -0.0313. The molecule has 0 atom stereocenters. The molecule has 0 aromatic rings. The first-order chi connectivity index (χ1) is 6.26. The van der Waals surface area contributed by atoms with Gasteiger partial charge in [0.05, 0.1) is 0 Å². The minimum absolute atomic E-state index is 0.0313. The lowest BCUT2D eigenvalue weighted by Gasteiger charge is -2.16. The molecule has 0 spiro atoms. The molecule has 1 amide bonds. The van der Waals surface area contributed by atoms with Gasteiger partial charge in [0.25, 0.3) is 0 Å². The Morgan fingerprint density at radius 3 is 2.00 bits per heavy atom. The maximum atomic E-state index is 11.3. The van der Waals surface area contributed by atoms with Gasteiger partial charge in [-0.15, -0.1) is 0 Å². The number of nitrogens with zero attached hydrogens (tertiary/aromatic N) is 1. The number of allylic oxidation sites excluding steroid dienone is 2. The molecule has 0 saturated heterocycles. The van der Waals surface area contributed by atoms with Gasteiger partial charge in [-0.2, -0.15) is 0 Å². The molecule has 0 heterocycles.